The molecule has 1 N–H and O–H groups in total. The minimum Gasteiger partial charge on any atom is -0.350 e. The Morgan fingerprint density at radius 2 is 1.95 bits per heavy atom. The second-order valence-electron chi connectivity index (χ2n) is 5.81. The molecule has 0 aliphatic heterocycles. The minimum atomic E-state index is -0.160. The number of hydrogen-bond donors (Lipinski definition) is 1. The van der Waals surface area contributed by atoms with Gasteiger partial charge in [0.05, 0.1) is 24.1 Å². The number of carbonyl (C=O) groups excluding carboxylic acids is 2. The van der Waals surface area contributed by atoms with Crippen molar-refractivity contribution in [1.29, 1.82) is 0 Å². The van der Waals surface area contributed by atoms with Crippen LogP contribution in [0.15, 0.2) is 24.4 Å². The van der Waals surface area contributed by atoms with Crippen LogP contribution >= 0.6 is 0 Å². The molecule has 1 saturated carbocycles. The van der Waals surface area contributed by atoms with Crippen molar-refractivity contribution in [1.82, 2.24) is 15.2 Å². The van der Waals surface area contributed by atoms with E-state index in [2.05, 4.69) is 24.1 Å². The molecule has 0 spiro atoms. The summed E-state index contributed by atoms with van der Waals surface area (Å²) in [4.78, 5) is 30.6. The van der Waals surface area contributed by atoms with Crippen LogP contribution < -0.4 is 5.32 Å². The van der Waals surface area contributed by atoms with Crippen molar-refractivity contribution >= 4 is 11.8 Å². The van der Waals surface area contributed by atoms with Crippen LogP contribution in [0.1, 0.15) is 38.8 Å². The smallest absolute Gasteiger partial charge is 0.226 e. The van der Waals surface area contributed by atoms with E-state index >= 15 is 0 Å². The van der Waals surface area contributed by atoms with Gasteiger partial charge in [0, 0.05) is 19.3 Å². The lowest BCUT2D eigenvalue weighted by Crippen LogP contribution is -2.35. The number of rotatable bonds is 8. The molecule has 22 heavy (non-hydrogen) atoms. The molecule has 1 aromatic heterocycles. The van der Waals surface area contributed by atoms with Crippen molar-refractivity contribution < 1.29 is 9.59 Å². The van der Waals surface area contributed by atoms with Gasteiger partial charge in [-0.3, -0.25) is 14.6 Å². The van der Waals surface area contributed by atoms with Gasteiger partial charge in [0.2, 0.25) is 11.8 Å². The lowest BCUT2D eigenvalue weighted by molar-refractivity contribution is -0.134. The fourth-order valence-electron chi connectivity index (χ4n) is 2.68. The highest BCUT2D eigenvalue weighted by Gasteiger charge is 2.49. The second-order valence-corrected chi connectivity index (χ2v) is 5.81. The van der Waals surface area contributed by atoms with Crippen molar-refractivity contribution in [3.8, 4) is 0 Å². The number of carbonyl (C=O) groups is 2. The number of nitrogens with one attached hydrogen (secondary N) is 1. The SMILES string of the molecule is CCCN(CCC)C(=O)C1CC1C(=O)NCc1ccccn1. The molecule has 1 fully saturated rings. The molecule has 2 unspecified atom stereocenters. The maximum Gasteiger partial charge on any atom is 0.226 e. The zero-order valence-electron chi connectivity index (χ0n) is 13.4. The first-order valence-electron chi connectivity index (χ1n) is 8.13. The van der Waals surface area contributed by atoms with E-state index in [1.807, 2.05) is 23.1 Å². The van der Waals surface area contributed by atoms with E-state index in [0.717, 1.165) is 31.6 Å². The molecule has 1 aliphatic carbocycles. The predicted octanol–water partition coefficient (Wildman–Crippen LogP) is 1.98. The summed E-state index contributed by atoms with van der Waals surface area (Å²) in [6, 6.07) is 5.61. The first kappa shape index (κ1) is 16.5. The lowest BCUT2D eigenvalue weighted by atomic mass is 10.2. The fourth-order valence-corrected chi connectivity index (χ4v) is 2.68. The van der Waals surface area contributed by atoms with Crippen molar-refractivity contribution in [2.75, 3.05) is 13.1 Å². The average Bonchev–Trinajstić information content (AvgIpc) is 3.33. The highest BCUT2D eigenvalue weighted by Crippen LogP contribution is 2.40. The Morgan fingerprint density at radius 3 is 2.55 bits per heavy atom. The van der Waals surface area contributed by atoms with Crippen molar-refractivity contribution in [3.05, 3.63) is 30.1 Å². The first-order chi connectivity index (χ1) is 10.7. The largest absolute Gasteiger partial charge is 0.350 e. The third-order valence-electron chi connectivity index (χ3n) is 3.91. The number of nitrogens with zero attached hydrogens (tertiary/aromatic N) is 2. The summed E-state index contributed by atoms with van der Waals surface area (Å²) in [6.45, 7) is 6.13. The molecule has 0 bridgehead atoms. The Kier molecular flexibility index (Phi) is 5.92. The van der Waals surface area contributed by atoms with Gasteiger partial charge in [-0.2, -0.15) is 0 Å². The van der Waals surface area contributed by atoms with E-state index in [-0.39, 0.29) is 23.7 Å². The molecule has 0 aromatic carbocycles. The summed E-state index contributed by atoms with van der Waals surface area (Å²) in [5.41, 5.74) is 0.831. The summed E-state index contributed by atoms with van der Waals surface area (Å²) < 4.78 is 0. The van der Waals surface area contributed by atoms with Gasteiger partial charge in [-0.05, 0) is 31.4 Å². The van der Waals surface area contributed by atoms with Crippen LogP contribution in [0.3, 0.4) is 0 Å². The van der Waals surface area contributed by atoms with Gasteiger partial charge in [-0.1, -0.05) is 19.9 Å². The summed E-state index contributed by atoms with van der Waals surface area (Å²) in [6.07, 6.45) is 4.29. The van der Waals surface area contributed by atoms with Gasteiger partial charge in [-0.25, -0.2) is 0 Å². The molecule has 2 amide bonds. The molecule has 5 nitrogen and oxygen atoms in total. The third kappa shape index (κ3) is 4.29. The molecule has 0 radical (unpaired) electrons. The van der Waals surface area contributed by atoms with E-state index in [1.54, 1.807) is 6.20 Å². The molecular formula is C17H25N3O2. The van der Waals surface area contributed by atoms with E-state index in [4.69, 9.17) is 0 Å². The lowest BCUT2D eigenvalue weighted by Gasteiger charge is -2.21. The maximum absolute atomic E-state index is 12.4. The number of aromatic nitrogens is 1. The molecule has 1 aromatic rings. The second kappa shape index (κ2) is 7.92. The van der Waals surface area contributed by atoms with Gasteiger partial charge in [-0.15, -0.1) is 0 Å². The predicted molar refractivity (Wildman–Crippen MR) is 84.8 cm³/mol. The van der Waals surface area contributed by atoms with Crippen LogP contribution in [-0.4, -0.2) is 34.8 Å². The van der Waals surface area contributed by atoms with Gasteiger partial charge in [0.1, 0.15) is 0 Å². The van der Waals surface area contributed by atoms with Gasteiger partial charge < -0.3 is 10.2 Å². The van der Waals surface area contributed by atoms with E-state index in [9.17, 15) is 9.59 Å². The number of hydrogen-bond acceptors (Lipinski definition) is 3. The van der Waals surface area contributed by atoms with Crippen LogP contribution in [0, 0.1) is 11.8 Å². The standard InChI is InChI=1S/C17H25N3O2/c1-3-9-20(10-4-2)17(22)15-11-14(15)16(21)19-12-13-7-5-6-8-18-13/h5-8,14-15H,3-4,9-12H2,1-2H3,(H,19,21). The van der Waals surface area contributed by atoms with Crippen LogP contribution in [-0.2, 0) is 16.1 Å². The zero-order chi connectivity index (χ0) is 15.9. The van der Waals surface area contributed by atoms with Crippen LogP contribution in [0.4, 0.5) is 0 Å². The Balaban J connectivity index is 1.80. The van der Waals surface area contributed by atoms with Gasteiger partial charge in [0.25, 0.3) is 0 Å². The Hall–Kier alpha value is -1.91. The minimum absolute atomic E-state index is 0.0306. The van der Waals surface area contributed by atoms with Crippen LogP contribution in [0.25, 0.3) is 0 Å². The first-order valence-corrected chi connectivity index (χ1v) is 8.13. The molecule has 1 heterocycles. The quantitative estimate of drug-likeness (QED) is 0.799. The van der Waals surface area contributed by atoms with Gasteiger partial charge in [0.15, 0.2) is 0 Å². The maximum atomic E-state index is 12.4. The van der Waals surface area contributed by atoms with Crippen LogP contribution in [0.2, 0.25) is 0 Å². The molecule has 1 aliphatic rings. The van der Waals surface area contributed by atoms with Crippen molar-refractivity contribution in [2.45, 2.75) is 39.7 Å². The Morgan fingerprint density at radius 1 is 1.23 bits per heavy atom. The molecule has 120 valence electrons. The summed E-state index contributed by atoms with van der Waals surface area (Å²) >= 11 is 0. The molecule has 2 rings (SSSR count). The normalized spacial score (nSPS) is 19.5. The average molecular weight is 303 g/mol. The summed E-state index contributed by atoms with van der Waals surface area (Å²) in [5.74, 6) is -0.173. The zero-order valence-corrected chi connectivity index (χ0v) is 13.4. The Labute approximate surface area is 132 Å². The summed E-state index contributed by atoms with van der Waals surface area (Å²) in [5, 5.41) is 2.88. The third-order valence-corrected chi connectivity index (χ3v) is 3.91. The highest BCUT2D eigenvalue weighted by atomic mass is 16.2. The van der Waals surface area contributed by atoms with E-state index in [0.29, 0.717) is 13.0 Å². The molecule has 2 atom stereocenters. The monoisotopic (exact) mass is 303 g/mol. The van der Waals surface area contributed by atoms with Crippen molar-refractivity contribution in [2.24, 2.45) is 11.8 Å². The van der Waals surface area contributed by atoms with E-state index < -0.39 is 0 Å². The molecular weight excluding hydrogens is 278 g/mol. The van der Waals surface area contributed by atoms with Crippen LogP contribution in [0.5, 0.6) is 0 Å². The Bertz CT molecular complexity index is 498. The van der Waals surface area contributed by atoms with E-state index in [1.165, 1.54) is 0 Å². The molecule has 0 saturated heterocycles. The topological polar surface area (TPSA) is 62.3 Å². The summed E-state index contributed by atoms with van der Waals surface area (Å²) in [7, 11) is 0. The fraction of sp³-hybridized carbons (Fsp3) is 0.588. The van der Waals surface area contributed by atoms with Gasteiger partial charge >= 0.3 is 0 Å². The van der Waals surface area contributed by atoms with Crippen molar-refractivity contribution in [3.63, 3.8) is 0 Å². The number of pyridine rings is 1. The highest BCUT2D eigenvalue weighted by molar-refractivity contribution is 5.92. The number of amides is 2. The molecule has 5 heteroatoms.